The number of piperazine rings is 1. The van der Waals surface area contributed by atoms with Crippen molar-refractivity contribution < 1.29 is 19.4 Å². The first-order valence-corrected chi connectivity index (χ1v) is 12.1. The second-order valence-electron chi connectivity index (χ2n) is 9.49. The van der Waals surface area contributed by atoms with Crippen LogP contribution in [0.3, 0.4) is 0 Å². The number of nitrogens with one attached hydrogen (secondary N) is 1. The number of carbonyl (C=O) groups excluding carboxylic acids is 1. The van der Waals surface area contributed by atoms with Crippen molar-refractivity contribution in [1.29, 1.82) is 0 Å². The van der Waals surface area contributed by atoms with Gasteiger partial charge in [-0.3, -0.25) is 9.69 Å². The Labute approximate surface area is 198 Å². The van der Waals surface area contributed by atoms with E-state index in [4.69, 9.17) is 21.1 Å². The number of pyridine rings is 1. The van der Waals surface area contributed by atoms with E-state index in [2.05, 4.69) is 33.1 Å². The third kappa shape index (κ3) is 4.55. The summed E-state index contributed by atoms with van der Waals surface area (Å²) in [5.41, 5.74) is 0.642. The fourth-order valence-corrected chi connectivity index (χ4v) is 5.35. The topological polar surface area (TPSA) is 87.2 Å². The molecule has 0 saturated carbocycles. The number of rotatable bonds is 4. The zero-order valence-corrected chi connectivity index (χ0v) is 19.7. The molecule has 0 unspecified atom stereocenters. The largest absolute Gasteiger partial charge is 0.389 e. The molecular weight excluding hydrogens is 444 g/mol. The number of anilines is 2. The van der Waals surface area contributed by atoms with Crippen LogP contribution in [0.4, 0.5) is 11.5 Å². The van der Waals surface area contributed by atoms with Crippen molar-refractivity contribution in [3.05, 3.63) is 29.4 Å². The lowest BCUT2D eigenvalue weighted by atomic mass is 9.95. The molecule has 3 atom stereocenters. The maximum absolute atomic E-state index is 12.6. The van der Waals surface area contributed by atoms with Gasteiger partial charge in [-0.1, -0.05) is 11.6 Å². The molecule has 0 radical (unpaired) electrons. The molecule has 1 aromatic heterocycles. The number of fused-ring (bicyclic) bond motifs is 1. The van der Waals surface area contributed by atoms with Gasteiger partial charge < -0.3 is 24.8 Å². The highest BCUT2D eigenvalue weighted by Gasteiger charge is 2.44. The molecule has 3 aliphatic heterocycles. The molecule has 3 fully saturated rings. The fraction of sp³-hybridized carbons (Fsp3) is 0.583. The summed E-state index contributed by atoms with van der Waals surface area (Å²) in [7, 11) is 0. The highest BCUT2D eigenvalue weighted by atomic mass is 35.5. The van der Waals surface area contributed by atoms with Gasteiger partial charge in [0.2, 0.25) is 5.91 Å². The Kier molecular flexibility index (Phi) is 6.46. The first-order valence-electron chi connectivity index (χ1n) is 11.7. The van der Waals surface area contributed by atoms with E-state index in [1.165, 1.54) is 0 Å². The molecule has 9 heteroatoms. The molecule has 2 N–H and O–H groups in total. The van der Waals surface area contributed by atoms with Gasteiger partial charge in [0.25, 0.3) is 0 Å². The highest BCUT2D eigenvalue weighted by Crippen LogP contribution is 2.34. The SMILES string of the molecule is C[C@]1(N2CCN(c3cc4cc(NC(=O)[C@H]5CCCOC5)ncc4cc3Cl)CC2)COC[C@H]1O. The molecule has 5 rings (SSSR count). The Bertz CT molecular complexity index is 1020. The number of aromatic nitrogens is 1. The molecule has 178 valence electrons. The Morgan fingerprint density at radius 2 is 2.00 bits per heavy atom. The number of halogens is 1. The standard InChI is InChI=1S/C24H31ClN4O4/c1-24(15-33-14-21(24)30)29-6-4-28(5-7-29)20-10-17-11-22(26-12-18(17)9-19(20)25)27-23(31)16-3-2-8-32-13-16/h9-12,16,21,30H,2-8,13-15H2,1H3,(H,26,27,31)/t16-,21+,24-/m0/s1. The van der Waals surface area contributed by atoms with Crippen LogP contribution in [0.2, 0.25) is 5.02 Å². The van der Waals surface area contributed by atoms with Gasteiger partial charge in [-0.2, -0.15) is 0 Å². The number of nitrogens with zero attached hydrogens (tertiary/aromatic N) is 3. The van der Waals surface area contributed by atoms with Gasteiger partial charge in [-0.15, -0.1) is 0 Å². The lowest BCUT2D eigenvalue weighted by Crippen LogP contribution is -2.60. The molecule has 8 nitrogen and oxygen atoms in total. The highest BCUT2D eigenvalue weighted by molar-refractivity contribution is 6.34. The zero-order chi connectivity index (χ0) is 23.0. The number of hydrogen-bond acceptors (Lipinski definition) is 7. The van der Waals surface area contributed by atoms with Gasteiger partial charge in [0.15, 0.2) is 0 Å². The zero-order valence-electron chi connectivity index (χ0n) is 18.9. The van der Waals surface area contributed by atoms with Crippen LogP contribution in [-0.2, 0) is 14.3 Å². The summed E-state index contributed by atoms with van der Waals surface area (Å²) < 4.78 is 10.9. The minimum Gasteiger partial charge on any atom is -0.389 e. The molecule has 3 aliphatic rings. The van der Waals surface area contributed by atoms with Gasteiger partial charge in [-0.05, 0) is 43.4 Å². The predicted molar refractivity (Wildman–Crippen MR) is 128 cm³/mol. The van der Waals surface area contributed by atoms with Crippen LogP contribution >= 0.6 is 11.6 Å². The van der Waals surface area contributed by atoms with Crippen molar-refractivity contribution in [3.63, 3.8) is 0 Å². The summed E-state index contributed by atoms with van der Waals surface area (Å²) in [5, 5.41) is 15.9. The van der Waals surface area contributed by atoms with Crippen molar-refractivity contribution in [2.24, 2.45) is 5.92 Å². The number of amides is 1. The summed E-state index contributed by atoms with van der Waals surface area (Å²) in [4.78, 5) is 21.6. The van der Waals surface area contributed by atoms with Crippen LogP contribution in [-0.4, -0.2) is 85.1 Å². The molecular formula is C24H31ClN4O4. The summed E-state index contributed by atoms with van der Waals surface area (Å²) in [6, 6.07) is 5.91. The molecule has 1 amide bonds. The van der Waals surface area contributed by atoms with Crippen LogP contribution in [0.15, 0.2) is 24.4 Å². The molecule has 2 aromatic rings. The Morgan fingerprint density at radius 1 is 1.18 bits per heavy atom. The van der Waals surface area contributed by atoms with E-state index >= 15 is 0 Å². The Balaban J connectivity index is 1.30. The molecule has 33 heavy (non-hydrogen) atoms. The quantitative estimate of drug-likeness (QED) is 0.704. The predicted octanol–water partition coefficient (Wildman–Crippen LogP) is 2.53. The maximum Gasteiger partial charge on any atom is 0.230 e. The fourth-order valence-electron chi connectivity index (χ4n) is 5.05. The van der Waals surface area contributed by atoms with E-state index < -0.39 is 6.10 Å². The molecule has 1 aromatic carbocycles. The van der Waals surface area contributed by atoms with E-state index in [1.807, 2.05) is 12.1 Å². The average molecular weight is 475 g/mol. The molecule has 4 heterocycles. The van der Waals surface area contributed by atoms with Crippen molar-refractivity contribution in [3.8, 4) is 0 Å². The summed E-state index contributed by atoms with van der Waals surface area (Å²) in [6.07, 6.45) is 3.03. The van der Waals surface area contributed by atoms with E-state index in [-0.39, 0.29) is 17.4 Å². The number of aliphatic hydroxyl groups is 1. The molecule has 0 aliphatic carbocycles. The van der Waals surface area contributed by atoms with E-state index in [0.717, 1.165) is 62.1 Å². The van der Waals surface area contributed by atoms with Gasteiger partial charge in [0.05, 0.1) is 48.1 Å². The van der Waals surface area contributed by atoms with Crippen molar-refractivity contribution >= 4 is 39.8 Å². The number of ether oxygens (including phenoxy) is 2. The third-order valence-electron chi connectivity index (χ3n) is 7.30. The number of benzene rings is 1. The summed E-state index contributed by atoms with van der Waals surface area (Å²) in [6.45, 7) is 7.49. The van der Waals surface area contributed by atoms with Crippen molar-refractivity contribution in [2.75, 3.05) is 62.8 Å². The van der Waals surface area contributed by atoms with Crippen LogP contribution < -0.4 is 10.2 Å². The van der Waals surface area contributed by atoms with Gasteiger partial charge in [0.1, 0.15) is 5.82 Å². The normalized spacial score (nSPS) is 28.9. The Hall–Kier alpha value is -1.97. The van der Waals surface area contributed by atoms with Crippen LogP contribution in [0.25, 0.3) is 10.8 Å². The monoisotopic (exact) mass is 474 g/mol. The van der Waals surface area contributed by atoms with E-state index in [0.29, 0.717) is 30.7 Å². The molecule has 0 spiro atoms. The first kappa shape index (κ1) is 22.8. The number of hydrogen-bond donors (Lipinski definition) is 2. The number of aliphatic hydroxyl groups excluding tert-OH is 1. The minimum atomic E-state index is -0.463. The first-order chi connectivity index (χ1) is 15.9. The van der Waals surface area contributed by atoms with E-state index in [1.54, 1.807) is 6.20 Å². The van der Waals surface area contributed by atoms with Gasteiger partial charge in [-0.25, -0.2) is 4.98 Å². The van der Waals surface area contributed by atoms with Gasteiger partial charge >= 0.3 is 0 Å². The smallest absolute Gasteiger partial charge is 0.230 e. The van der Waals surface area contributed by atoms with Crippen LogP contribution in [0.5, 0.6) is 0 Å². The second kappa shape index (κ2) is 9.35. The third-order valence-corrected chi connectivity index (χ3v) is 7.60. The summed E-state index contributed by atoms with van der Waals surface area (Å²) >= 11 is 6.65. The van der Waals surface area contributed by atoms with Gasteiger partial charge in [0, 0.05) is 44.4 Å². The van der Waals surface area contributed by atoms with Crippen molar-refractivity contribution in [1.82, 2.24) is 9.88 Å². The molecule has 0 bridgehead atoms. The van der Waals surface area contributed by atoms with Crippen LogP contribution in [0, 0.1) is 5.92 Å². The average Bonchev–Trinajstić information content (AvgIpc) is 3.18. The maximum atomic E-state index is 12.6. The van der Waals surface area contributed by atoms with E-state index in [9.17, 15) is 9.90 Å². The lowest BCUT2D eigenvalue weighted by molar-refractivity contribution is -0.123. The second-order valence-corrected chi connectivity index (χ2v) is 9.89. The lowest BCUT2D eigenvalue weighted by Gasteiger charge is -2.45. The van der Waals surface area contributed by atoms with Crippen LogP contribution in [0.1, 0.15) is 19.8 Å². The summed E-state index contributed by atoms with van der Waals surface area (Å²) in [5.74, 6) is 0.372. The minimum absolute atomic E-state index is 0.0431. The molecule has 3 saturated heterocycles. The Morgan fingerprint density at radius 3 is 2.70 bits per heavy atom. The van der Waals surface area contributed by atoms with Crippen molar-refractivity contribution in [2.45, 2.75) is 31.4 Å². The number of carbonyl (C=O) groups is 1.